The third kappa shape index (κ3) is 5.03. The standard InChI is InChI=1S/C24H26N2O4/c1-28-21-14-13-19(22(29-2)23(21)30-3)16-25-24(27)26-20-12-8-7-11-18(20)15-17-9-5-4-6-10-17/h4-14H,15-16H2,1-3H3,(H2,25,26,27). The first-order chi connectivity index (χ1) is 14.7. The van der Waals surface area contributed by atoms with Crippen LogP contribution in [0.4, 0.5) is 10.5 Å². The number of anilines is 1. The second kappa shape index (κ2) is 10.2. The van der Waals surface area contributed by atoms with Crippen LogP contribution in [-0.4, -0.2) is 27.4 Å². The Balaban J connectivity index is 1.69. The molecule has 30 heavy (non-hydrogen) atoms. The van der Waals surface area contributed by atoms with E-state index in [0.717, 1.165) is 23.2 Å². The summed E-state index contributed by atoms with van der Waals surface area (Å²) in [5, 5.41) is 5.82. The first kappa shape index (κ1) is 21.0. The number of amides is 2. The average molecular weight is 406 g/mol. The largest absolute Gasteiger partial charge is 0.493 e. The Hall–Kier alpha value is -3.67. The van der Waals surface area contributed by atoms with E-state index >= 15 is 0 Å². The van der Waals surface area contributed by atoms with E-state index in [4.69, 9.17) is 14.2 Å². The van der Waals surface area contributed by atoms with Crippen LogP contribution in [0.1, 0.15) is 16.7 Å². The molecule has 0 aromatic heterocycles. The number of ether oxygens (including phenoxy) is 3. The summed E-state index contributed by atoms with van der Waals surface area (Å²) in [6.45, 7) is 0.274. The third-order valence-corrected chi connectivity index (χ3v) is 4.73. The first-order valence-corrected chi connectivity index (χ1v) is 9.60. The number of rotatable bonds is 8. The van der Waals surface area contributed by atoms with Crippen LogP contribution in [0.25, 0.3) is 0 Å². The Morgan fingerprint density at radius 2 is 1.47 bits per heavy atom. The lowest BCUT2D eigenvalue weighted by atomic mass is 10.0. The van der Waals surface area contributed by atoms with E-state index < -0.39 is 0 Å². The number of para-hydroxylation sites is 1. The van der Waals surface area contributed by atoms with Gasteiger partial charge in [-0.3, -0.25) is 0 Å². The summed E-state index contributed by atoms with van der Waals surface area (Å²) < 4.78 is 16.2. The van der Waals surface area contributed by atoms with Gasteiger partial charge in [-0.25, -0.2) is 4.79 Å². The van der Waals surface area contributed by atoms with E-state index in [0.29, 0.717) is 17.2 Å². The molecule has 0 radical (unpaired) electrons. The molecule has 6 heteroatoms. The summed E-state index contributed by atoms with van der Waals surface area (Å²) in [6, 6.07) is 21.3. The molecule has 3 aromatic carbocycles. The maximum atomic E-state index is 12.5. The number of methoxy groups -OCH3 is 3. The minimum absolute atomic E-state index is 0.274. The number of benzene rings is 3. The molecule has 6 nitrogen and oxygen atoms in total. The summed E-state index contributed by atoms with van der Waals surface area (Å²) in [4.78, 5) is 12.5. The van der Waals surface area contributed by atoms with Crippen molar-refractivity contribution in [3.8, 4) is 17.2 Å². The van der Waals surface area contributed by atoms with E-state index in [9.17, 15) is 4.79 Å². The van der Waals surface area contributed by atoms with Crippen molar-refractivity contribution in [2.45, 2.75) is 13.0 Å². The van der Waals surface area contributed by atoms with Gasteiger partial charge < -0.3 is 24.8 Å². The van der Waals surface area contributed by atoms with Crippen molar-refractivity contribution in [3.05, 3.63) is 83.4 Å². The zero-order valence-corrected chi connectivity index (χ0v) is 17.4. The van der Waals surface area contributed by atoms with Crippen LogP contribution >= 0.6 is 0 Å². The molecule has 3 aromatic rings. The molecule has 0 atom stereocenters. The molecule has 0 saturated carbocycles. The Labute approximate surface area is 176 Å². The molecule has 0 spiro atoms. The van der Waals surface area contributed by atoms with Crippen molar-refractivity contribution in [1.29, 1.82) is 0 Å². The van der Waals surface area contributed by atoms with Crippen LogP contribution in [-0.2, 0) is 13.0 Å². The molecule has 0 saturated heterocycles. The molecule has 3 rings (SSSR count). The van der Waals surface area contributed by atoms with Crippen LogP contribution in [0.2, 0.25) is 0 Å². The van der Waals surface area contributed by atoms with Gasteiger partial charge in [-0.1, -0.05) is 48.5 Å². The lowest BCUT2D eigenvalue weighted by Crippen LogP contribution is -2.28. The Morgan fingerprint density at radius 3 is 2.17 bits per heavy atom. The highest BCUT2D eigenvalue weighted by molar-refractivity contribution is 5.90. The van der Waals surface area contributed by atoms with Gasteiger partial charge in [0.2, 0.25) is 5.75 Å². The van der Waals surface area contributed by atoms with Gasteiger partial charge in [0.1, 0.15) is 0 Å². The number of carbonyl (C=O) groups is 1. The minimum atomic E-state index is -0.299. The zero-order chi connectivity index (χ0) is 21.3. The lowest BCUT2D eigenvalue weighted by Gasteiger charge is -2.16. The molecule has 0 aliphatic heterocycles. The molecule has 0 fully saturated rings. The molecule has 0 unspecified atom stereocenters. The Morgan fingerprint density at radius 1 is 0.767 bits per heavy atom. The molecule has 0 aliphatic carbocycles. The highest BCUT2D eigenvalue weighted by atomic mass is 16.5. The maximum Gasteiger partial charge on any atom is 0.319 e. The molecular weight excluding hydrogens is 380 g/mol. The SMILES string of the molecule is COc1ccc(CNC(=O)Nc2ccccc2Cc2ccccc2)c(OC)c1OC. The predicted octanol–water partition coefficient (Wildman–Crippen LogP) is 4.62. The fourth-order valence-corrected chi connectivity index (χ4v) is 3.26. The highest BCUT2D eigenvalue weighted by Crippen LogP contribution is 2.39. The van der Waals surface area contributed by atoms with Gasteiger partial charge in [-0.05, 0) is 35.7 Å². The number of urea groups is 1. The van der Waals surface area contributed by atoms with E-state index in [1.54, 1.807) is 27.4 Å². The van der Waals surface area contributed by atoms with Crippen molar-refractivity contribution >= 4 is 11.7 Å². The summed E-state index contributed by atoms with van der Waals surface area (Å²) >= 11 is 0. The predicted molar refractivity (Wildman–Crippen MR) is 118 cm³/mol. The summed E-state index contributed by atoms with van der Waals surface area (Å²) in [5.41, 5.74) is 3.78. The molecule has 0 bridgehead atoms. The van der Waals surface area contributed by atoms with Gasteiger partial charge in [0.25, 0.3) is 0 Å². The quantitative estimate of drug-likeness (QED) is 0.573. The van der Waals surface area contributed by atoms with Crippen molar-refractivity contribution in [1.82, 2.24) is 5.32 Å². The second-order valence-corrected chi connectivity index (χ2v) is 6.62. The highest BCUT2D eigenvalue weighted by Gasteiger charge is 2.16. The van der Waals surface area contributed by atoms with Crippen molar-refractivity contribution < 1.29 is 19.0 Å². The van der Waals surface area contributed by atoms with Gasteiger partial charge in [-0.15, -0.1) is 0 Å². The van der Waals surface area contributed by atoms with Crippen LogP contribution in [0.5, 0.6) is 17.2 Å². The van der Waals surface area contributed by atoms with Crippen molar-refractivity contribution in [2.75, 3.05) is 26.6 Å². The number of hydrogen-bond donors (Lipinski definition) is 2. The summed E-state index contributed by atoms with van der Waals surface area (Å²) in [6.07, 6.45) is 0.737. The molecule has 0 aliphatic rings. The molecule has 2 N–H and O–H groups in total. The van der Waals surface area contributed by atoms with E-state index in [1.165, 1.54) is 5.56 Å². The maximum absolute atomic E-state index is 12.5. The van der Waals surface area contributed by atoms with Gasteiger partial charge >= 0.3 is 6.03 Å². The number of nitrogens with one attached hydrogen (secondary N) is 2. The van der Waals surface area contributed by atoms with E-state index in [1.807, 2.05) is 48.5 Å². The fraction of sp³-hybridized carbons (Fsp3) is 0.208. The van der Waals surface area contributed by atoms with Crippen LogP contribution in [0.3, 0.4) is 0 Å². The third-order valence-electron chi connectivity index (χ3n) is 4.73. The topological polar surface area (TPSA) is 68.8 Å². The van der Waals surface area contributed by atoms with Crippen molar-refractivity contribution in [2.24, 2.45) is 0 Å². The summed E-state index contributed by atoms with van der Waals surface area (Å²) in [7, 11) is 4.67. The average Bonchev–Trinajstić information content (AvgIpc) is 2.78. The number of carbonyl (C=O) groups excluding carboxylic acids is 1. The molecule has 2 amide bonds. The summed E-state index contributed by atoms with van der Waals surface area (Å²) in [5.74, 6) is 1.59. The monoisotopic (exact) mass is 406 g/mol. The van der Waals surface area contributed by atoms with Crippen LogP contribution in [0, 0.1) is 0 Å². The van der Waals surface area contributed by atoms with Crippen LogP contribution < -0.4 is 24.8 Å². The molecule has 0 heterocycles. The smallest absolute Gasteiger partial charge is 0.319 e. The van der Waals surface area contributed by atoms with E-state index in [-0.39, 0.29) is 12.6 Å². The van der Waals surface area contributed by atoms with Gasteiger partial charge in [0.15, 0.2) is 11.5 Å². The fourth-order valence-electron chi connectivity index (χ4n) is 3.26. The normalized spacial score (nSPS) is 10.2. The van der Waals surface area contributed by atoms with Crippen molar-refractivity contribution in [3.63, 3.8) is 0 Å². The zero-order valence-electron chi connectivity index (χ0n) is 17.4. The first-order valence-electron chi connectivity index (χ1n) is 9.60. The lowest BCUT2D eigenvalue weighted by molar-refractivity contribution is 0.251. The Kier molecular flexibility index (Phi) is 7.16. The minimum Gasteiger partial charge on any atom is -0.493 e. The molecular formula is C24H26N2O4. The second-order valence-electron chi connectivity index (χ2n) is 6.62. The van der Waals surface area contributed by atoms with Gasteiger partial charge in [0.05, 0.1) is 21.3 Å². The number of hydrogen-bond acceptors (Lipinski definition) is 4. The molecule has 156 valence electrons. The van der Waals surface area contributed by atoms with Crippen LogP contribution in [0.15, 0.2) is 66.7 Å². The van der Waals surface area contributed by atoms with Gasteiger partial charge in [-0.2, -0.15) is 0 Å². The van der Waals surface area contributed by atoms with Gasteiger partial charge in [0, 0.05) is 17.8 Å². The van der Waals surface area contributed by atoms with E-state index in [2.05, 4.69) is 22.8 Å². The Bertz CT molecular complexity index is 990.